The van der Waals surface area contributed by atoms with Crippen LogP contribution in [0.1, 0.15) is 40.4 Å². The van der Waals surface area contributed by atoms with Crippen LogP contribution in [0.2, 0.25) is 0 Å². The second-order valence-corrected chi connectivity index (χ2v) is 5.82. The van der Waals surface area contributed by atoms with Crippen LogP contribution in [0.15, 0.2) is 10.9 Å². The maximum atomic E-state index is 12.7. The molecule has 1 aliphatic heterocycles. The summed E-state index contributed by atoms with van der Waals surface area (Å²) in [6.45, 7) is 5.51. The van der Waals surface area contributed by atoms with Gasteiger partial charge in [-0.25, -0.2) is 0 Å². The van der Waals surface area contributed by atoms with E-state index in [0.717, 1.165) is 29.8 Å². The number of likely N-dealkylation sites (tertiary alicyclic amines) is 1. The van der Waals surface area contributed by atoms with E-state index in [1.54, 1.807) is 4.68 Å². The zero-order valence-electron chi connectivity index (χ0n) is 13.7. The molecule has 0 bridgehead atoms. The van der Waals surface area contributed by atoms with Gasteiger partial charge >= 0.3 is 0 Å². The zero-order valence-corrected chi connectivity index (χ0v) is 13.7. The van der Waals surface area contributed by atoms with Gasteiger partial charge in [-0.2, -0.15) is 10.1 Å². The summed E-state index contributed by atoms with van der Waals surface area (Å²) in [5, 5.41) is 8.04. The molecule has 0 spiro atoms. The fourth-order valence-electron chi connectivity index (χ4n) is 2.92. The lowest BCUT2D eigenvalue weighted by molar-refractivity contribution is -0.00353. The molecule has 3 rings (SSSR count). The summed E-state index contributed by atoms with van der Waals surface area (Å²) in [5.41, 5.74) is 2.41. The third kappa shape index (κ3) is 3.26. The molecule has 0 atom stereocenters. The first kappa shape index (κ1) is 15.7. The van der Waals surface area contributed by atoms with Gasteiger partial charge in [0.05, 0.1) is 17.4 Å². The monoisotopic (exact) mass is 319 g/mol. The Kier molecular flexibility index (Phi) is 4.42. The topological polar surface area (TPSA) is 86.3 Å². The number of rotatable bonds is 4. The number of carbonyl (C=O) groups excluding carboxylic acids is 1. The van der Waals surface area contributed by atoms with Gasteiger partial charge in [-0.05, 0) is 26.7 Å². The molecular weight excluding hydrogens is 298 g/mol. The van der Waals surface area contributed by atoms with Crippen LogP contribution in [0, 0.1) is 13.8 Å². The summed E-state index contributed by atoms with van der Waals surface area (Å²) in [6.07, 6.45) is 3.02. The molecule has 3 heterocycles. The van der Waals surface area contributed by atoms with Gasteiger partial charge in [-0.15, -0.1) is 0 Å². The van der Waals surface area contributed by atoms with Crippen LogP contribution in [0.5, 0.6) is 0 Å². The Morgan fingerprint density at radius 3 is 2.70 bits per heavy atom. The molecule has 8 heteroatoms. The van der Waals surface area contributed by atoms with Gasteiger partial charge in [0, 0.05) is 25.8 Å². The van der Waals surface area contributed by atoms with E-state index in [0.29, 0.717) is 25.5 Å². The molecule has 0 unspecified atom stereocenters. The predicted octanol–water partition coefficient (Wildman–Crippen LogP) is 1.24. The van der Waals surface area contributed by atoms with Crippen molar-refractivity contribution >= 4 is 5.91 Å². The van der Waals surface area contributed by atoms with Gasteiger partial charge in [0.2, 0.25) is 6.39 Å². The Morgan fingerprint density at radius 1 is 1.39 bits per heavy atom. The molecule has 124 valence electrons. The van der Waals surface area contributed by atoms with Crippen molar-refractivity contribution in [2.45, 2.75) is 39.4 Å². The summed E-state index contributed by atoms with van der Waals surface area (Å²) in [7, 11) is 1.86. The molecule has 0 N–H and O–H groups in total. The number of hydrogen-bond donors (Lipinski definition) is 0. The lowest BCUT2D eigenvalue weighted by atomic mass is 10.1. The fraction of sp³-hybridized carbons (Fsp3) is 0.600. The normalized spacial score (nSPS) is 16.0. The molecule has 0 radical (unpaired) electrons. The van der Waals surface area contributed by atoms with Crippen molar-refractivity contribution in [2.24, 2.45) is 7.05 Å². The number of nitrogens with zero attached hydrogens (tertiary/aromatic N) is 5. The Labute approximate surface area is 134 Å². The molecule has 1 aliphatic rings. The molecule has 0 aliphatic carbocycles. The summed E-state index contributed by atoms with van der Waals surface area (Å²) >= 11 is 0. The van der Waals surface area contributed by atoms with E-state index in [-0.39, 0.29) is 12.0 Å². The smallest absolute Gasteiger partial charge is 0.257 e. The second-order valence-electron chi connectivity index (χ2n) is 5.82. The highest BCUT2D eigenvalue weighted by atomic mass is 16.5. The fourth-order valence-corrected chi connectivity index (χ4v) is 2.92. The molecule has 2 aromatic heterocycles. The quantitative estimate of drug-likeness (QED) is 0.843. The maximum Gasteiger partial charge on any atom is 0.257 e. The molecule has 2 aromatic rings. The average molecular weight is 319 g/mol. The van der Waals surface area contributed by atoms with Crippen LogP contribution >= 0.6 is 0 Å². The van der Waals surface area contributed by atoms with E-state index >= 15 is 0 Å². The zero-order chi connectivity index (χ0) is 16.4. The van der Waals surface area contributed by atoms with Gasteiger partial charge in [-0.1, -0.05) is 5.16 Å². The van der Waals surface area contributed by atoms with E-state index in [9.17, 15) is 4.79 Å². The van der Waals surface area contributed by atoms with Crippen LogP contribution in [0.4, 0.5) is 0 Å². The summed E-state index contributed by atoms with van der Waals surface area (Å²) in [4.78, 5) is 18.5. The Hall–Kier alpha value is -2.22. The molecule has 1 amide bonds. The summed E-state index contributed by atoms with van der Waals surface area (Å²) < 4.78 is 12.2. The van der Waals surface area contributed by atoms with E-state index in [2.05, 4.69) is 19.8 Å². The van der Waals surface area contributed by atoms with Gasteiger partial charge in [0.25, 0.3) is 5.91 Å². The van der Waals surface area contributed by atoms with Crippen LogP contribution in [0.3, 0.4) is 0 Å². The van der Waals surface area contributed by atoms with Crippen LogP contribution < -0.4 is 0 Å². The minimum absolute atomic E-state index is 0.0599. The first-order valence-electron chi connectivity index (χ1n) is 7.72. The van der Waals surface area contributed by atoms with Crippen molar-refractivity contribution in [1.29, 1.82) is 0 Å². The number of aryl methyl sites for hydroxylation is 2. The summed E-state index contributed by atoms with van der Waals surface area (Å²) in [6, 6.07) is 0. The SMILES string of the molecule is Cc1nn(C)c(C)c1C(=O)N1CCC(OCc2ncon2)CC1. The predicted molar refractivity (Wildman–Crippen MR) is 80.7 cm³/mol. The first-order chi connectivity index (χ1) is 11.1. The number of carbonyl (C=O) groups is 1. The van der Waals surface area contributed by atoms with Crippen molar-refractivity contribution in [2.75, 3.05) is 13.1 Å². The lowest BCUT2D eigenvalue weighted by Crippen LogP contribution is -2.41. The number of amides is 1. The molecule has 0 aromatic carbocycles. The van der Waals surface area contributed by atoms with E-state index in [1.165, 1.54) is 6.39 Å². The van der Waals surface area contributed by atoms with Crippen molar-refractivity contribution in [3.05, 3.63) is 29.2 Å². The Balaban J connectivity index is 1.55. The van der Waals surface area contributed by atoms with E-state index < -0.39 is 0 Å². The second kappa shape index (κ2) is 6.49. The van der Waals surface area contributed by atoms with Crippen molar-refractivity contribution < 1.29 is 14.1 Å². The van der Waals surface area contributed by atoms with Crippen molar-refractivity contribution in [3.63, 3.8) is 0 Å². The van der Waals surface area contributed by atoms with Gasteiger partial charge < -0.3 is 14.2 Å². The van der Waals surface area contributed by atoms with E-state index in [1.807, 2.05) is 25.8 Å². The lowest BCUT2D eigenvalue weighted by Gasteiger charge is -2.31. The Bertz CT molecular complexity index is 672. The number of piperidine rings is 1. The number of aromatic nitrogens is 4. The molecular formula is C15H21N5O3. The third-order valence-corrected chi connectivity index (χ3v) is 4.31. The van der Waals surface area contributed by atoms with Gasteiger partial charge in [0.1, 0.15) is 6.61 Å². The minimum atomic E-state index is 0.0599. The third-order valence-electron chi connectivity index (χ3n) is 4.31. The number of ether oxygens (including phenoxy) is 1. The Morgan fingerprint density at radius 2 is 2.13 bits per heavy atom. The highest BCUT2D eigenvalue weighted by molar-refractivity contribution is 5.96. The summed E-state index contributed by atoms with van der Waals surface area (Å²) in [5.74, 6) is 0.606. The van der Waals surface area contributed by atoms with Crippen LogP contribution in [-0.4, -0.2) is 49.9 Å². The highest BCUT2D eigenvalue weighted by Crippen LogP contribution is 2.20. The van der Waals surface area contributed by atoms with Crippen LogP contribution in [-0.2, 0) is 18.4 Å². The van der Waals surface area contributed by atoms with Crippen LogP contribution in [0.25, 0.3) is 0 Å². The minimum Gasteiger partial charge on any atom is -0.370 e. The standard InChI is InChI=1S/C15H21N5O3/c1-10-14(11(2)19(3)17-10)15(21)20-6-4-12(5-7-20)22-8-13-16-9-23-18-13/h9,12H,4-8H2,1-3H3. The maximum absolute atomic E-state index is 12.7. The molecule has 23 heavy (non-hydrogen) atoms. The van der Waals surface area contributed by atoms with Crippen molar-refractivity contribution in [3.8, 4) is 0 Å². The first-order valence-corrected chi connectivity index (χ1v) is 7.72. The molecule has 8 nitrogen and oxygen atoms in total. The molecule has 0 saturated carbocycles. The van der Waals surface area contributed by atoms with E-state index in [4.69, 9.17) is 4.74 Å². The highest BCUT2D eigenvalue weighted by Gasteiger charge is 2.27. The molecule has 1 fully saturated rings. The van der Waals surface area contributed by atoms with Gasteiger partial charge in [-0.3, -0.25) is 9.48 Å². The largest absolute Gasteiger partial charge is 0.370 e. The average Bonchev–Trinajstić information content (AvgIpc) is 3.14. The molecule has 1 saturated heterocycles. The van der Waals surface area contributed by atoms with Crippen molar-refractivity contribution in [1.82, 2.24) is 24.8 Å². The number of hydrogen-bond acceptors (Lipinski definition) is 6. The van der Waals surface area contributed by atoms with Gasteiger partial charge in [0.15, 0.2) is 5.82 Å².